The minimum atomic E-state index is -0.573. The van der Waals surface area contributed by atoms with Gasteiger partial charge in [0.1, 0.15) is 0 Å². The second-order valence-electron chi connectivity index (χ2n) is 4.42. The van der Waals surface area contributed by atoms with Gasteiger partial charge in [-0.25, -0.2) is 9.78 Å². The van der Waals surface area contributed by atoms with Crippen LogP contribution in [0, 0.1) is 0 Å². The van der Waals surface area contributed by atoms with E-state index in [-0.39, 0.29) is 10.9 Å². The van der Waals surface area contributed by atoms with Gasteiger partial charge in [0, 0.05) is 35.5 Å². The molecule has 1 aromatic heterocycles. The number of pyridine rings is 1. The lowest BCUT2D eigenvalue weighted by Crippen LogP contribution is -2.26. The summed E-state index contributed by atoms with van der Waals surface area (Å²) in [5, 5.41) is 1.80. The molecule has 21 heavy (non-hydrogen) atoms. The summed E-state index contributed by atoms with van der Waals surface area (Å²) in [7, 11) is 4.81. The van der Waals surface area contributed by atoms with E-state index in [1.165, 1.54) is 7.11 Å². The molecule has 0 bridgehead atoms. The third-order valence-corrected chi connectivity index (χ3v) is 3.68. The average molecular weight is 369 g/mol. The molecule has 2 aromatic rings. The Balaban J connectivity index is 2.65. The first-order valence-corrected chi connectivity index (χ1v) is 7.20. The quantitative estimate of drug-likeness (QED) is 0.599. The Morgan fingerprint density at radius 3 is 2.71 bits per heavy atom. The highest BCUT2D eigenvalue weighted by atomic mass is 79.9. The second-order valence-corrected chi connectivity index (χ2v) is 5.69. The maximum Gasteiger partial charge on any atom is 0.360 e. The van der Waals surface area contributed by atoms with Crippen LogP contribution in [0.5, 0.6) is 5.75 Å². The molecule has 0 fully saturated rings. The van der Waals surface area contributed by atoms with E-state index in [1.54, 1.807) is 25.2 Å². The van der Waals surface area contributed by atoms with Gasteiger partial charge in [-0.1, -0.05) is 15.9 Å². The lowest BCUT2D eigenvalue weighted by atomic mass is 10.1. The average Bonchev–Trinajstić information content (AvgIpc) is 2.46. The Labute approximate surface area is 136 Å². The normalized spacial score (nSPS) is 10.3. The Morgan fingerprint density at radius 2 is 2.10 bits per heavy atom. The lowest BCUT2D eigenvalue weighted by Gasteiger charge is -2.17. The molecule has 0 unspecified atom stereocenters. The summed E-state index contributed by atoms with van der Waals surface area (Å²) in [6.45, 7) is 0. The lowest BCUT2D eigenvalue weighted by molar-refractivity contribution is 0.0591. The molecule has 0 spiro atoms. The first kappa shape index (κ1) is 15.7. The number of ether oxygens (including phenoxy) is 2. The monoisotopic (exact) mass is 368 g/mol. The van der Waals surface area contributed by atoms with Gasteiger partial charge in [0.25, 0.3) is 5.17 Å². The first-order chi connectivity index (χ1) is 9.93. The van der Waals surface area contributed by atoms with Crippen molar-refractivity contribution in [3.8, 4) is 5.75 Å². The third kappa shape index (κ3) is 3.30. The van der Waals surface area contributed by atoms with Gasteiger partial charge < -0.3 is 14.4 Å². The fraction of sp³-hybridized carbons (Fsp3) is 0.214. The molecule has 1 aromatic carbocycles. The van der Waals surface area contributed by atoms with Crippen LogP contribution in [-0.4, -0.2) is 42.2 Å². The van der Waals surface area contributed by atoms with Crippen molar-refractivity contribution in [1.29, 1.82) is 0 Å². The van der Waals surface area contributed by atoms with Crippen LogP contribution in [0.15, 0.2) is 28.9 Å². The van der Waals surface area contributed by atoms with Crippen LogP contribution >= 0.6 is 28.1 Å². The molecule has 0 aliphatic carbocycles. The van der Waals surface area contributed by atoms with Crippen molar-refractivity contribution in [2.24, 2.45) is 0 Å². The molecule has 2 rings (SSSR count). The Morgan fingerprint density at radius 1 is 1.38 bits per heavy atom. The van der Waals surface area contributed by atoms with Gasteiger partial charge in [0.05, 0.1) is 7.11 Å². The third-order valence-electron chi connectivity index (χ3n) is 2.74. The number of carbonyl (C=O) groups excluding carboxylic acids is 1. The number of esters is 1. The van der Waals surface area contributed by atoms with Crippen LogP contribution in [0.4, 0.5) is 0 Å². The number of rotatable bonds is 2. The zero-order chi connectivity index (χ0) is 15.6. The SMILES string of the molecule is COC(=O)c1ncc2cc(Br)ccc2c1OC(=S)N(C)C. The molecule has 0 aliphatic rings. The predicted molar refractivity (Wildman–Crippen MR) is 87.7 cm³/mol. The molecule has 0 saturated heterocycles. The summed E-state index contributed by atoms with van der Waals surface area (Å²) < 4.78 is 11.3. The smallest absolute Gasteiger partial charge is 0.360 e. The fourth-order valence-electron chi connectivity index (χ4n) is 1.69. The maximum absolute atomic E-state index is 11.9. The summed E-state index contributed by atoms with van der Waals surface area (Å²) in [5.74, 6) is -0.276. The van der Waals surface area contributed by atoms with Crippen molar-refractivity contribution >= 4 is 50.1 Å². The summed E-state index contributed by atoms with van der Waals surface area (Å²) in [6, 6.07) is 5.57. The Kier molecular flexibility index (Phi) is 4.74. The number of fused-ring (bicyclic) bond motifs is 1. The summed E-state index contributed by atoms with van der Waals surface area (Å²) in [5.41, 5.74) is 0.0940. The molecule has 0 aliphatic heterocycles. The number of nitrogens with zero attached hydrogens (tertiary/aromatic N) is 2. The van der Waals surface area contributed by atoms with E-state index in [0.717, 1.165) is 15.2 Å². The molecule has 7 heteroatoms. The van der Waals surface area contributed by atoms with E-state index in [2.05, 4.69) is 20.9 Å². The molecule has 0 saturated carbocycles. The molecule has 5 nitrogen and oxygen atoms in total. The van der Waals surface area contributed by atoms with Gasteiger partial charge in [0.2, 0.25) is 0 Å². The molecule has 0 radical (unpaired) electrons. The number of benzene rings is 1. The Bertz CT molecular complexity index is 719. The molecular weight excluding hydrogens is 356 g/mol. The van der Waals surface area contributed by atoms with E-state index >= 15 is 0 Å². The standard InChI is InChI=1S/C14H13BrN2O3S/c1-17(2)14(21)20-12-10-5-4-9(15)6-8(10)7-16-11(12)13(18)19-3/h4-7H,1-3H3. The summed E-state index contributed by atoms with van der Waals surface area (Å²) >= 11 is 8.54. The van der Waals surface area contributed by atoms with Gasteiger partial charge in [-0.15, -0.1) is 0 Å². The highest BCUT2D eigenvalue weighted by Gasteiger charge is 2.20. The zero-order valence-electron chi connectivity index (χ0n) is 11.7. The van der Waals surface area contributed by atoms with Crippen LogP contribution in [-0.2, 0) is 4.74 Å². The van der Waals surface area contributed by atoms with Gasteiger partial charge in [-0.2, -0.15) is 0 Å². The molecule has 0 amide bonds. The highest BCUT2D eigenvalue weighted by molar-refractivity contribution is 9.10. The van der Waals surface area contributed by atoms with Crippen molar-refractivity contribution in [3.63, 3.8) is 0 Å². The largest absolute Gasteiger partial charge is 0.464 e. The number of thiocarbonyl (C=S) groups is 1. The number of halogens is 1. The van der Waals surface area contributed by atoms with Crippen LogP contribution in [0.3, 0.4) is 0 Å². The number of aromatic nitrogens is 1. The van der Waals surface area contributed by atoms with Crippen molar-refractivity contribution < 1.29 is 14.3 Å². The van der Waals surface area contributed by atoms with E-state index in [0.29, 0.717) is 5.75 Å². The first-order valence-electron chi connectivity index (χ1n) is 5.99. The second kappa shape index (κ2) is 6.36. The van der Waals surface area contributed by atoms with E-state index in [1.807, 2.05) is 18.2 Å². The summed E-state index contributed by atoms with van der Waals surface area (Å²) in [4.78, 5) is 17.6. The van der Waals surface area contributed by atoms with Crippen molar-refractivity contribution in [2.45, 2.75) is 0 Å². The fourth-order valence-corrected chi connectivity index (χ4v) is 2.15. The van der Waals surface area contributed by atoms with Crippen molar-refractivity contribution in [3.05, 3.63) is 34.6 Å². The van der Waals surface area contributed by atoms with E-state index < -0.39 is 5.97 Å². The van der Waals surface area contributed by atoms with E-state index in [4.69, 9.17) is 21.7 Å². The molecule has 0 N–H and O–H groups in total. The van der Waals surface area contributed by atoms with Gasteiger partial charge in [-0.3, -0.25) is 0 Å². The van der Waals surface area contributed by atoms with Gasteiger partial charge in [-0.05, 0) is 30.4 Å². The van der Waals surface area contributed by atoms with E-state index in [9.17, 15) is 4.79 Å². The van der Waals surface area contributed by atoms with Crippen LogP contribution in [0.1, 0.15) is 10.5 Å². The van der Waals surface area contributed by atoms with Crippen molar-refractivity contribution in [1.82, 2.24) is 9.88 Å². The predicted octanol–water partition coefficient (Wildman–Crippen LogP) is 3.01. The highest BCUT2D eigenvalue weighted by Crippen LogP contribution is 2.31. The van der Waals surface area contributed by atoms with Gasteiger partial charge >= 0.3 is 5.97 Å². The van der Waals surface area contributed by atoms with Crippen LogP contribution in [0.2, 0.25) is 0 Å². The van der Waals surface area contributed by atoms with Crippen molar-refractivity contribution in [2.75, 3.05) is 21.2 Å². The topological polar surface area (TPSA) is 51.7 Å². The minimum absolute atomic E-state index is 0.0940. The van der Waals surface area contributed by atoms with Crippen LogP contribution < -0.4 is 4.74 Å². The number of hydrogen-bond donors (Lipinski definition) is 0. The zero-order valence-corrected chi connectivity index (χ0v) is 14.1. The number of carbonyl (C=O) groups is 1. The molecule has 1 heterocycles. The molecular formula is C14H13BrN2O3S. The Hall–Kier alpha value is -1.73. The van der Waals surface area contributed by atoms with Crippen LogP contribution in [0.25, 0.3) is 10.8 Å². The number of hydrogen-bond acceptors (Lipinski definition) is 5. The maximum atomic E-state index is 11.9. The molecule has 0 atom stereocenters. The summed E-state index contributed by atoms with van der Waals surface area (Å²) in [6.07, 6.45) is 1.60. The minimum Gasteiger partial charge on any atom is -0.464 e. The molecule has 110 valence electrons. The van der Waals surface area contributed by atoms with Gasteiger partial charge in [0.15, 0.2) is 11.4 Å². The number of methoxy groups -OCH3 is 1.